The van der Waals surface area contributed by atoms with E-state index in [1.54, 1.807) is 51.3 Å². The number of nitrogens with one attached hydrogen (secondary N) is 7. The van der Waals surface area contributed by atoms with Gasteiger partial charge >= 0.3 is 0 Å². The van der Waals surface area contributed by atoms with E-state index in [0.717, 1.165) is 48.2 Å². The highest BCUT2D eigenvalue weighted by atomic mass is 16.5. The Morgan fingerprint density at radius 1 is 0.738 bits per heavy atom. The minimum Gasteiger partial charge on any atom is -0.494 e. The van der Waals surface area contributed by atoms with Gasteiger partial charge in [0.2, 0.25) is 11.8 Å². The molecule has 19 nitrogen and oxygen atoms in total. The first-order valence-electron chi connectivity index (χ1n) is 21.2. The van der Waals surface area contributed by atoms with E-state index >= 15 is 0 Å². The van der Waals surface area contributed by atoms with Gasteiger partial charge in [0, 0.05) is 80.6 Å². The van der Waals surface area contributed by atoms with Crippen LogP contribution in [0, 0.1) is 11.8 Å². The molecule has 338 valence electrons. The molecule has 0 radical (unpaired) electrons. The van der Waals surface area contributed by atoms with Crippen LogP contribution in [0.3, 0.4) is 0 Å². The van der Waals surface area contributed by atoms with E-state index in [0.29, 0.717) is 63.6 Å². The molecule has 4 aromatic heterocycles. The second-order valence-electron chi connectivity index (χ2n) is 15.1. The Hall–Kier alpha value is -7.80. The van der Waals surface area contributed by atoms with Crippen LogP contribution < -0.4 is 41.4 Å². The number of methoxy groups -OCH3 is 2. The summed E-state index contributed by atoms with van der Waals surface area (Å²) in [6.07, 6.45) is 9.76. The summed E-state index contributed by atoms with van der Waals surface area (Å²) in [5.41, 5.74) is 6.05. The van der Waals surface area contributed by atoms with E-state index in [1.165, 1.54) is 12.4 Å². The molecule has 8 rings (SSSR count). The number of aromatic amines is 1. The molecule has 4 amide bonds. The van der Waals surface area contributed by atoms with E-state index in [1.807, 2.05) is 68.6 Å². The number of amides is 4. The zero-order chi connectivity index (χ0) is 46.0. The minimum atomic E-state index is -0.307. The third-order valence-corrected chi connectivity index (χ3v) is 10.6. The fourth-order valence-corrected chi connectivity index (χ4v) is 6.86. The van der Waals surface area contributed by atoms with Gasteiger partial charge < -0.3 is 46.1 Å². The summed E-state index contributed by atoms with van der Waals surface area (Å²) in [5.74, 6) is 1.26. The summed E-state index contributed by atoms with van der Waals surface area (Å²) >= 11 is 0. The van der Waals surface area contributed by atoms with Crippen LogP contribution in [-0.2, 0) is 14.3 Å². The van der Waals surface area contributed by atoms with Gasteiger partial charge in [-0.15, -0.1) is 0 Å². The van der Waals surface area contributed by atoms with Crippen molar-refractivity contribution in [3.8, 4) is 34.0 Å². The third kappa shape index (κ3) is 10.9. The van der Waals surface area contributed by atoms with E-state index in [9.17, 15) is 19.2 Å². The lowest BCUT2D eigenvalue weighted by Crippen LogP contribution is -2.20. The predicted octanol–water partition coefficient (Wildman–Crippen LogP) is 6.89. The van der Waals surface area contributed by atoms with Gasteiger partial charge in [-0.05, 0) is 75.9 Å². The number of H-pyrrole nitrogens is 1. The van der Waals surface area contributed by atoms with Crippen LogP contribution >= 0.6 is 0 Å². The summed E-state index contributed by atoms with van der Waals surface area (Å²) in [5, 5.41) is 29.0. The van der Waals surface area contributed by atoms with Crippen LogP contribution in [0.25, 0.3) is 22.5 Å². The normalized spacial score (nSPS) is 13.3. The van der Waals surface area contributed by atoms with Crippen molar-refractivity contribution in [1.29, 1.82) is 0 Å². The lowest BCUT2D eigenvalue weighted by atomic mass is 10.1. The SMILES string of the molecule is CCOC(C)n1ccc(-c2cccc(Nc3cc(NC(=O)C4CC4)ncc3C(=O)NC)c2OC)n1.CNC(=O)c1cnc(NC(=O)C2CC2)cc1Nc1cccc(-c2ccn[nH]2)c1OC. The van der Waals surface area contributed by atoms with E-state index in [2.05, 4.69) is 57.2 Å². The van der Waals surface area contributed by atoms with Crippen molar-refractivity contribution in [2.45, 2.75) is 45.8 Å². The smallest absolute Gasteiger partial charge is 0.254 e. The number of aromatic nitrogens is 6. The molecule has 1 unspecified atom stereocenters. The summed E-state index contributed by atoms with van der Waals surface area (Å²) < 4.78 is 18.8. The van der Waals surface area contributed by atoms with Crippen molar-refractivity contribution < 1.29 is 33.4 Å². The number of hydrogen-bond acceptors (Lipinski definition) is 13. The maximum atomic E-state index is 12.5. The first-order chi connectivity index (χ1) is 31.5. The molecule has 2 saturated carbocycles. The Kier molecular flexibility index (Phi) is 14.3. The quantitative estimate of drug-likeness (QED) is 0.0494. The van der Waals surface area contributed by atoms with Crippen LogP contribution in [-0.4, -0.2) is 88.5 Å². The van der Waals surface area contributed by atoms with Gasteiger partial charge in [-0.25, -0.2) is 14.6 Å². The van der Waals surface area contributed by atoms with Crippen LogP contribution in [0.2, 0.25) is 0 Å². The molecule has 19 heteroatoms. The maximum absolute atomic E-state index is 12.5. The molecule has 4 heterocycles. The standard InChI is InChI=1S/C25H30N6O4.C21H22N6O3/c1-5-35-15(2)31-12-11-19(30-31)17-7-6-8-20(23(17)34-4)28-21-13-22(29-24(32)16-9-10-16)27-14-18(21)25(33)26-3;1-22-21(29)14-11-23-18(26-20(28)12-6-7-12)10-17(14)25-16-5-3-4-13(19(16)30-2)15-8-9-24-27-15/h6-8,11-16H,5,9-10H2,1-4H3,(H,26,33)(H2,27,28,29,32);3-5,8-12H,6-7H2,1-2H3,(H,22,29)(H,24,27)(H2,23,25,26,28). The second kappa shape index (κ2) is 20.6. The van der Waals surface area contributed by atoms with Crippen LogP contribution in [0.5, 0.6) is 11.5 Å². The van der Waals surface area contributed by atoms with E-state index < -0.39 is 0 Å². The van der Waals surface area contributed by atoms with Gasteiger partial charge in [-0.1, -0.05) is 12.1 Å². The van der Waals surface area contributed by atoms with Gasteiger partial charge in [0.15, 0.2) is 11.5 Å². The lowest BCUT2D eigenvalue weighted by Gasteiger charge is -2.17. The van der Waals surface area contributed by atoms with Crippen molar-refractivity contribution >= 4 is 58.0 Å². The fraction of sp³-hybridized carbons (Fsp3) is 0.304. The highest BCUT2D eigenvalue weighted by Gasteiger charge is 2.31. The molecule has 2 aromatic carbocycles. The maximum Gasteiger partial charge on any atom is 0.254 e. The first kappa shape index (κ1) is 45.2. The van der Waals surface area contributed by atoms with Crippen LogP contribution in [0.4, 0.5) is 34.4 Å². The molecule has 6 aromatic rings. The highest BCUT2D eigenvalue weighted by molar-refractivity contribution is 6.03. The third-order valence-electron chi connectivity index (χ3n) is 10.6. The number of pyridine rings is 2. The molecule has 0 spiro atoms. The van der Waals surface area contributed by atoms with Gasteiger partial charge in [-0.2, -0.15) is 10.2 Å². The fourth-order valence-electron chi connectivity index (χ4n) is 6.86. The van der Waals surface area contributed by atoms with E-state index in [4.69, 9.17) is 14.2 Å². The number of carbonyl (C=O) groups excluding carboxylic acids is 4. The molecule has 1 atom stereocenters. The predicted molar refractivity (Wildman–Crippen MR) is 246 cm³/mol. The minimum absolute atomic E-state index is 0.0360. The van der Waals surface area contributed by atoms with E-state index in [-0.39, 0.29) is 41.7 Å². The van der Waals surface area contributed by atoms with Crippen molar-refractivity contribution in [2.24, 2.45) is 11.8 Å². The van der Waals surface area contributed by atoms with Crippen molar-refractivity contribution in [3.05, 3.63) is 96.6 Å². The lowest BCUT2D eigenvalue weighted by molar-refractivity contribution is -0.118. The zero-order valence-electron chi connectivity index (χ0n) is 36.9. The zero-order valence-corrected chi connectivity index (χ0v) is 36.9. The molecule has 0 bridgehead atoms. The number of benzene rings is 2. The van der Waals surface area contributed by atoms with Crippen LogP contribution in [0.15, 0.2) is 85.5 Å². The van der Waals surface area contributed by atoms with Crippen LogP contribution in [0.1, 0.15) is 66.5 Å². The molecular weight excluding hydrogens is 833 g/mol. The Morgan fingerprint density at radius 3 is 1.72 bits per heavy atom. The molecular formula is C46H52N12O7. The average molecular weight is 885 g/mol. The number of nitrogens with zero attached hydrogens (tertiary/aromatic N) is 5. The Morgan fingerprint density at radius 2 is 1.26 bits per heavy atom. The van der Waals surface area contributed by atoms with Gasteiger partial charge in [0.1, 0.15) is 17.9 Å². The summed E-state index contributed by atoms with van der Waals surface area (Å²) in [6.45, 7) is 4.45. The number of hydrogen-bond donors (Lipinski definition) is 7. The monoisotopic (exact) mass is 884 g/mol. The molecule has 0 aliphatic heterocycles. The Bertz CT molecular complexity index is 2660. The average Bonchev–Trinajstić information content (AvgIpc) is 4.25. The van der Waals surface area contributed by atoms with Gasteiger partial charge in [0.05, 0.1) is 59.5 Å². The Balaban J connectivity index is 0.000000196. The molecule has 65 heavy (non-hydrogen) atoms. The largest absolute Gasteiger partial charge is 0.494 e. The van der Waals surface area contributed by atoms with Gasteiger partial charge in [0.25, 0.3) is 11.8 Å². The summed E-state index contributed by atoms with van der Waals surface area (Å²) in [4.78, 5) is 57.7. The number of carbonyl (C=O) groups is 4. The molecule has 2 aliphatic carbocycles. The Labute approximate surface area is 375 Å². The summed E-state index contributed by atoms with van der Waals surface area (Å²) in [6, 6.07) is 18.3. The molecule has 2 aliphatic rings. The molecule has 7 N–H and O–H groups in total. The first-order valence-corrected chi connectivity index (χ1v) is 21.2. The number of rotatable bonds is 17. The highest BCUT2D eigenvalue weighted by Crippen LogP contribution is 2.40. The molecule has 2 fully saturated rings. The molecule has 0 saturated heterocycles. The van der Waals surface area contributed by atoms with Gasteiger partial charge in [-0.3, -0.25) is 24.3 Å². The van der Waals surface area contributed by atoms with Crippen molar-refractivity contribution in [2.75, 3.05) is 56.2 Å². The topological polar surface area (TPSA) is 240 Å². The number of anilines is 6. The van der Waals surface area contributed by atoms with Crippen molar-refractivity contribution in [1.82, 2.24) is 40.6 Å². The second-order valence-corrected chi connectivity index (χ2v) is 15.1. The number of ether oxygens (including phenoxy) is 3. The number of para-hydroxylation sites is 2. The van der Waals surface area contributed by atoms with Crippen molar-refractivity contribution in [3.63, 3.8) is 0 Å². The summed E-state index contributed by atoms with van der Waals surface area (Å²) in [7, 11) is 6.26.